The van der Waals surface area contributed by atoms with Crippen LogP contribution in [-0.4, -0.2) is 47.4 Å². The van der Waals surface area contributed by atoms with Crippen molar-refractivity contribution in [3.8, 4) is 28.7 Å². The Hall–Kier alpha value is -2.68. The number of methoxy groups -OCH3 is 5. The third-order valence-electron chi connectivity index (χ3n) is 4.56. The largest absolute Gasteiger partial charge is 0.493 e. The van der Waals surface area contributed by atoms with Crippen molar-refractivity contribution in [3.63, 3.8) is 0 Å². The van der Waals surface area contributed by atoms with Crippen LogP contribution >= 0.6 is 0 Å². The molecule has 1 atom stereocenters. The van der Waals surface area contributed by atoms with Crippen LogP contribution in [0.3, 0.4) is 0 Å². The van der Waals surface area contributed by atoms with E-state index in [1.807, 2.05) is 0 Å². The molecule has 1 heterocycles. The van der Waals surface area contributed by atoms with Gasteiger partial charge in [-0.15, -0.1) is 0 Å². The molecule has 0 amide bonds. The molecule has 3 rings (SSSR count). The van der Waals surface area contributed by atoms with Gasteiger partial charge in [-0.25, -0.2) is 0 Å². The molecule has 0 aliphatic carbocycles. The number of hydrogen-bond acceptors (Lipinski definition) is 8. The predicted octanol–water partition coefficient (Wildman–Crippen LogP) is 2.81. The monoisotopic (exact) mass is 392 g/mol. The van der Waals surface area contributed by atoms with Crippen LogP contribution in [0.4, 0.5) is 0 Å². The van der Waals surface area contributed by atoms with Crippen LogP contribution in [0.25, 0.3) is 0 Å². The van der Waals surface area contributed by atoms with Crippen LogP contribution < -0.4 is 23.7 Å². The summed E-state index contributed by atoms with van der Waals surface area (Å²) in [6.45, 7) is 0.114. The van der Waals surface area contributed by atoms with Crippen molar-refractivity contribution in [1.29, 1.82) is 0 Å². The van der Waals surface area contributed by atoms with Crippen LogP contribution in [0.2, 0.25) is 0 Å². The van der Waals surface area contributed by atoms with Crippen molar-refractivity contribution in [2.45, 2.75) is 12.4 Å². The highest BCUT2D eigenvalue weighted by Crippen LogP contribution is 2.44. The Balaban J connectivity index is 2.13. The SMILES string of the molecule is COc1cc(C(O)c2cc3c(cc2C(OC)OC)OCO3)cc(OC)c1OC. The molecule has 0 fully saturated rings. The van der Waals surface area contributed by atoms with E-state index in [0.29, 0.717) is 45.4 Å². The van der Waals surface area contributed by atoms with Crippen LogP contribution in [0.1, 0.15) is 29.1 Å². The summed E-state index contributed by atoms with van der Waals surface area (Å²) in [6, 6.07) is 6.84. The number of ether oxygens (including phenoxy) is 7. The summed E-state index contributed by atoms with van der Waals surface area (Å²) in [5, 5.41) is 11.2. The first kappa shape index (κ1) is 20.1. The van der Waals surface area contributed by atoms with Gasteiger partial charge in [0.15, 0.2) is 29.3 Å². The zero-order valence-corrected chi connectivity index (χ0v) is 16.5. The van der Waals surface area contributed by atoms with E-state index < -0.39 is 12.4 Å². The Morgan fingerprint density at radius 3 is 1.79 bits per heavy atom. The average molecular weight is 392 g/mol. The highest BCUT2D eigenvalue weighted by atomic mass is 16.7. The Labute approximate surface area is 163 Å². The summed E-state index contributed by atoms with van der Waals surface area (Å²) in [4.78, 5) is 0. The van der Waals surface area contributed by atoms with Gasteiger partial charge in [-0.1, -0.05) is 0 Å². The van der Waals surface area contributed by atoms with E-state index >= 15 is 0 Å². The minimum absolute atomic E-state index is 0.114. The van der Waals surface area contributed by atoms with Gasteiger partial charge in [0.05, 0.1) is 21.3 Å². The first-order chi connectivity index (χ1) is 13.6. The van der Waals surface area contributed by atoms with Crippen molar-refractivity contribution in [2.24, 2.45) is 0 Å². The molecule has 1 unspecified atom stereocenters. The van der Waals surface area contributed by atoms with E-state index in [2.05, 4.69) is 0 Å². The van der Waals surface area contributed by atoms with Gasteiger partial charge in [-0.3, -0.25) is 0 Å². The molecule has 8 nitrogen and oxygen atoms in total. The van der Waals surface area contributed by atoms with Crippen LogP contribution in [0, 0.1) is 0 Å². The van der Waals surface area contributed by atoms with E-state index in [4.69, 9.17) is 33.2 Å². The lowest BCUT2D eigenvalue weighted by Crippen LogP contribution is -2.11. The second-order valence-corrected chi connectivity index (χ2v) is 6.00. The van der Waals surface area contributed by atoms with Crippen molar-refractivity contribution >= 4 is 0 Å². The lowest BCUT2D eigenvalue weighted by Gasteiger charge is -2.23. The topological polar surface area (TPSA) is 84.8 Å². The second kappa shape index (κ2) is 8.55. The smallest absolute Gasteiger partial charge is 0.231 e. The standard InChI is InChI=1S/C20H24O8/c1-22-16-6-11(7-17(23-2)19(16)24-3)18(21)12-8-14-15(28-10-27-14)9-13(12)20(25-4)26-5/h6-9,18,20-21H,10H2,1-5H3. The summed E-state index contributed by atoms with van der Waals surface area (Å²) in [7, 11) is 7.60. The van der Waals surface area contributed by atoms with Gasteiger partial charge in [-0.05, 0) is 35.4 Å². The van der Waals surface area contributed by atoms with Crippen LogP contribution in [0.15, 0.2) is 24.3 Å². The van der Waals surface area contributed by atoms with Crippen molar-refractivity contribution in [2.75, 3.05) is 42.3 Å². The maximum Gasteiger partial charge on any atom is 0.231 e. The third-order valence-corrected chi connectivity index (χ3v) is 4.56. The molecule has 152 valence electrons. The number of hydrogen-bond donors (Lipinski definition) is 1. The summed E-state index contributed by atoms with van der Waals surface area (Å²) < 4.78 is 37.8. The second-order valence-electron chi connectivity index (χ2n) is 6.00. The van der Waals surface area contributed by atoms with Crippen molar-refractivity contribution in [1.82, 2.24) is 0 Å². The normalized spacial score (nSPS) is 13.5. The fourth-order valence-electron chi connectivity index (χ4n) is 3.20. The third kappa shape index (κ3) is 3.54. The Morgan fingerprint density at radius 2 is 1.32 bits per heavy atom. The zero-order chi connectivity index (χ0) is 20.3. The maximum atomic E-state index is 11.2. The van der Waals surface area contributed by atoms with Gasteiger partial charge in [0.25, 0.3) is 0 Å². The van der Waals surface area contributed by atoms with E-state index in [9.17, 15) is 5.11 Å². The molecule has 1 aliphatic heterocycles. The van der Waals surface area contributed by atoms with E-state index in [-0.39, 0.29) is 6.79 Å². The fraction of sp³-hybridized carbons (Fsp3) is 0.400. The Bertz CT molecular complexity index is 806. The summed E-state index contributed by atoms with van der Waals surface area (Å²) >= 11 is 0. The molecule has 2 aromatic rings. The first-order valence-electron chi connectivity index (χ1n) is 8.54. The number of benzene rings is 2. The first-order valence-corrected chi connectivity index (χ1v) is 8.54. The molecule has 2 aromatic carbocycles. The average Bonchev–Trinajstić information content (AvgIpc) is 3.19. The molecule has 0 saturated heterocycles. The molecule has 1 aliphatic rings. The molecule has 28 heavy (non-hydrogen) atoms. The molecule has 0 saturated carbocycles. The van der Waals surface area contributed by atoms with E-state index in [0.717, 1.165) is 0 Å². The summed E-state index contributed by atoms with van der Waals surface area (Å²) in [5.41, 5.74) is 1.71. The minimum Gasteiger partial charge on any atom is -0.493 e. The number of rotatable bonds is 8. The lowest BCUT2D eigenvalue weighted by atomic mass is 9.95. The van der Waals surface area contributed by atoms with Gasteiger partial charge in [0.1, 0.15) is 6.10 Å². The molecule has 0 spiro atoms. The van der Waals surface area contributed by atoms with E-state index in [1.54, 1.807) is 24.3 Å². The summed E-state index contributed by atoms with van der Waals surface area (Å²) in [6.07, 6.45) is -1.73. The van der Waals surface area contributed by atoms with Crippen LogP contribution in [0.5, 0.6) is 28.7 Å². The van der Waals surface area contributed by atoms with Crippen LogP contribution in [-0.2, 0) is 9.47 Å². The predicted molar refractivity (Wildman–Crippen MR) is 99.5 cm³/mol. The number of aliphatic hydroxyl groups is 1. The molecule has 1 N–H and O–H groups in total. The zero-order valence-electron chi connectivity index (χ0n) is 16.5. The minimum atomic E-state index is -1.04. The number of fused-ring (bicyclic) bond motifs is 1. The number of aliphatic hydroxyl groups excluding tert-OH is 1. The van der Waals surface area contributed by atoms with Gasteiger partial charge in [-0.2, -0.15) is 0 Å². The quantitative estimate of drug-likeness (QED) is 0.687. The molecule has 0 radical (unpaired) electrons. The van der Waals surface area contributed by atoms with Gasteiger partial charge < -0.3 is 38.3 Å². The molecule has 8 heteroatoms. The van der Waals surface area contributed by atoms with Gasteiger partial charge in [0.2, 0.25) is 12.5 Å². The van der Waals surface area contributed by atoms with E-state index in [1.165, 1.54) is 35.5 Å². The lowest BCUT2D eigenvalue weighted by molar-refractivity contribution is -0.107. The highest BCUT2D eigenvalue weighted by molar-refractivity contribution is 5.57. The summed E-state index contributed by atoms with van der Waals surface area (Å²) in [5.74, 6) is 2.42. The maximum absolute atomic E-state index is 11.2. The Kier molecular flexibility index (Phi) is 6.13. The Morgan fingerprint density at radius 1 is 0.786 bits per heavy atom. The molecule has 0 bridgehead atoms. The molecule has 0 aromatic heterocycles. The molecular formula is C20H24O8. The highest BCUT2D eigenvalue weighted by Gasteiger charge is 2.27. The van der Waals surface area contributed by atoms with Crippen molar-refractivity contribution in [3.05, 3.63) is 41.0 Å². The van der Waals surface area contributed by atoms with Gasteiger partial charge >= 0.3 is 0 Å². The van der Waals surface area contributed by atoms with Gasteiger partial charge in [0, 0.05) is 19.8 Å². The fourth-order valence-corrected chi connectivity index (χ4v) is 3.20. The van der Waals surface area contributed by atoms with Crippen molar-refractivity contribution < 1.29 is 38.3 Å². The molecular weight excluding hydrogens is 368 g/mol.